The number of ether oxygens (including phenoxy) is 2. The van der Waals surface area contributed by atoms with Gasteiger partial charge in [-0.25, -0.2) is 9.18 Å². The van der Waals surface area contributed by atoms with Crippen LogP contribution < -0.4 is 4.74 Å². The van der Waals surface area contributed by atoms with Crippen LogP contribution in [0, 0.1) is 5.82 Å². The first-order valence-electron chi connectivity index (χ1n) is 11.3. The molecule has 0 unspecified atom stereocenters. The number of aromatic nitrogens is 1. The summed E-state index contributed by atoms with van der Waals surface area (Å²) in [6.07, 6.45) is 3.95. The van der Waals surface area contributed by atoms with E-state index in [9.17, 15) is 14.0 Å². The molecule has 4 aromatic rings. The number of rotatable bonds is 8. The Hall–Kier alpha value is -4.19. The van der Waals surface area contributed by atoms with Crippen molar-refractivity contribution in [1.82, 2.24) is 4.57 Å². The first-order chi connectivity index (χ1) is 16.9. The van der Waals surface area contributed by atoms with Crippen LogP contribution in [0.5, 0.6) is 5.75 Å². The normalized spacial score (nSPS) is 11.3. The molecule has 0 aliphatic carbocycles. The molecule has 4 rings (SSSR count). The summed E-state index contributed by atoms with van der Waals surface area (Å²) in [5, 5.41) is 1.10. The molecule has 0 spiro atoms. The summed E-state index contributed by atoms with van der Waals surface area (Å²) in [6.45, 7) is 4.56. The quantitative estimate of drug-likeness (QED) is 0.168. The molecule has 1 aromatic heterocycles. The lowest BCUT2D eigenvalue weighted by molar-refractivity contribution is -0.135. The van der Waals surface area contributed by atoms with Gasteiger partial charge >= 0.3 is 5.97 Å². The standard InChI is InChI=1S/C29H26FNO4/c1-19(2)31-25-8-5-4-7-24(25)27(20-10-14-22(30)15-11-20)26(31)9-6-18-35-23-16-12-21(13-17-23)28(32)29(33)34-3/h4-17,19H,18H2,1-3H3. The first kappa shape index (κ1) is 24.0. The Morgan fingerprint density at radius 3 is 2.31 bits per heavy atom. The SMILES string of the molecule is COC(=O)C(=O)c1ccc(OCC=Cc2c(-c3ccc(F)cc3)c3ccccc3n2C(C)C)cc1. The van der Waals surface area contributed by atoms with Crippen LogP contribution in [0.3, 0.4) is 0 Å². The molecule has 5 nitrogen and oxygen atoms in total. The molecule has 0 radical (unpaired) electrons. The second-order valence-corrected chi connectivity index (χ2v) is 8.31. The molecule has 0 saturated heterocycles. The Morgan fingerprint density at radius 2 is 1.66 bits per heavy atom. The minimum atomic E-state index is -0.904. The Labute approximate surface area is 203 Å². The minimum Gasteiger partial charge on any atom is -0.490 e. The lowest BCUT2D eigenvalue weighted by atomic mass is 10.0. The molecule has 0 atom stereocenters. The number of ketones is 1. The fourth-order valence-electron chi connectivity index (χ4n) is 4.14. The van der Waals surface area contributed by atoms with Gasteiger partial charge in [-0.2, -0.15) is 0 Å². The lowest BCUT2D eigenvalue weighted by Gasteiger charge is -2.14. The number of esters is 1. The van der Waals surface area contributed by atoms with Crippen molar-refractivity contribution in [2.45, 2.75) is 19.9 Å². The van der Waals surface area contributed by atoms with Gasteiger partial charge < -0.3 is 14.0 Å². The van der Waals surface area contributed by atoms with Crippen LogP contribution in [0.15, 0.2) is 78.9 Å². The Balaban J connectivity index is 1.61. The van der Waals surface area contributed by atoms with Gasteiger partial charge in [0.05, 0.1) is 7.11 Å². The van der Waals surface area contributed by atoms with Crippen molar-refractivity contribution in [3.8, 4) is 16.9 Å². The number of fused-ring (bicyclic) bond motifs is 1. The zero-order valence-corrected chi connectivity index (χ0v) is 19.8. The van der Waals surface area contributed by atoms with Crippen molar-refractivity contribution in [2.75, 3.05) is 13.7 Å². The van der Waals surface area contributed by atoms with E-state index in [0.717, 1.165) is 27.7 Å². The smallest absolute Gasteiger partial charge is 0.379 e. The third kappa shape index (κ3) is 5.01. The summed E-state index contributed by atoms with van der Waals surface area (Å²) in [5.41, 5.74) is 4.33. The highest BCUT2D eigenvalue weighted by atomic mass is 19.1. The summed E-state index contributed by atoms with van der Waals surface area (Å²) >= 11 is 0. The summed E-state index contributed by atoms with van der Waals surface area (Å²) in [4.78, 5) is 23.3. The molecule has 6 heteroatoms. The van der Waals surface area contributed by atoms with Gasteiger partial charge in [-0.1, -0.05) is 30.3 Å². The molecular formula is C29H26FNO4. The first-order valence-corrected chi connectivity index (χ1v) is 11.3. The van der Waals surface area contributed by atoms with Crippen molar-refractivity contribution in [3.63, 3.8) is 0 Å². The summed E-state index contributed by atoms with van der Waals surface area (Å²) in [6, 6.07) is 21.3. The zero-order valence-electron chi connectivity index (χ0n) is 19.8. The van der Waals surface area contributed by atoms with Crippen molar-refractivity contribution in [1.29, 1.82) is 0 Å². The van der Waals surface area contributed by atoms with Crippen LogP contribution in [0.2, 0.25) is 0 Å². The maximum atomic E-state index is 13.6. The molecule has 0 saturated carbocycles. The maximum Gasteiger partial charge on any atom is 0.379 e. The van der Waals surface area contributed by atoms with Gasteiger partial charge in [-0.3, -0.25) is 4.79 Å². The number of Topliss-reactive ketones (excluding diaryl/α,β-unsaturated/α-hetero) is 1. The van der Waals surface area contributed by atoms with Crippen molar-refractivity contribution < 1.29 is 23.5 Å². The third-order valence-electron chi connectivity index (χ3n) is 5.71. The Kier molecular flexibility index (Phi) is 7.11. The van der Waals surface area contributed by atoms with E-state index >= 15 is 0 Å². The third-order valence-corrected chi connectivity index (χ3v) is 5.71. The molecule has 178 valence electrons. The fourth-order valence-corrected chi connectivity index (χ4v) is 4.14. The van der Waals surface area contributed by atoms with Crippen molar-refractivity contribution >= 4 is 28.7 Å². The molecule has 0 aliphatic heterocycles. The van der Waals surface area contributed by atoms with E-state index in [1.165, 1.54) is 31.4 Å². The molecule has 0 fully saturated rings. The number of hydrogen-bond acceptors (Lipinski definition) is 4. The van der Waals surface area contributed by atoms with Crippen molar-refractivity contribution in [2.24, 2.45) is 0 Å². The second kappa shape index (κ2) is 10.4. The number of benzene rings is 3. The molecule has 0 N–H and O–H groups in total. The van der Waals surface area contributed by atoms with Crippen LogP contribution in [-0.4, -0.2) is 30.0 Å². The second-order valence-electron chi connectivity index (χ2n) is 8.31. The number of nitrogens with zero attached hydrogens (tertiary/aromatic N) is 1. The number of para-hydroxylation sites is 1. The van der Waals surface area contributed by atoms with Gasteiger partial charge in [-0.15, -0.1) is 0 Å². The number of methoxy groups -OCH3 is 1. The maximum absolute atomic E-state index is 13.6. The molecule has 0 bridgehead atoms. The van der Waals surface area contributed by atoms with E-state index in [1.54, 1.807) is 24.3 Å². The number of carbonyl (C=O) groups is 2. The summed E-state index contributed by atoms with van der Waals surface area (Å²) < 4.78 is 26.1. The van der Waals surface area contributed by atoms with Crippen LogP contribution in [0.1, 0.15) is 35.9 Å². The molecule has 0 aliphatic rings. The number of hydrogen-bond donors (Lipinski definition) is 0. The zero-order chi connectivity index (χ0) is 24.9. The molecule has 35 heavy (non-hydrogen) atoms. The predicted octanol–water partition coefficient (Wildman–Crippen LogP) is 6.48. The highest BCUT2D eigenvalue weighted by Gasteiger charge is 2.19. The van der Waals surface area contributed by atoms with Gasteiger partial charge in [-0.05, 0) is 74.0 Å². The predicted molar refractivity (Wildman–Crippen MR) is 135 cm³/mol. The largest absolute Gasteiger partial charge is 0.490 e. The van der Waals surface area contributed by atoms with Crippen LogP contribution in [-0.2, 0) is 9.53 Å². The van der Waals surface area contributed by atoms with Crippen LogP contribution in [0.4, 0.5) is 4.39 Å². The van der Waals surface area contributed by atoms with Crippen molar-refractivity contribution in [3.05, 3.63) is 95.9 Å². The average molecular weight is 472 g/mol. The molecule has 0 amide bonds. The van der Waals surface area contributed by atoms with Gasteiger partial charge in [0.15, 0.2) is 0 Å². The number of carbonyl (C=O) groups excluding carboxylic acids is 2. The Bertz CT molecular complexity index is 1380. The monoisotopic (exact) mass is 471 g/mol. The molecule has 1 heterocycles. The molecular weight excluding hydrogens is 445 g/mol. The minimum absolute atomic E-state index is 0.203. The van der Waals surface area contributed by atoms with Gasteiger partial charge in [0.25, 0.3) is 5.78 Å². The van der Waals surface area contributed by atoms with E-state index in [2.05, 4.69) is 35.3 Å². The van der Waals surface area contributed by atoms with Gasteiger partial charge in [0.2, 0.25) is 0 Å². The molecule has 3 aromatic carbocycles. The number of halogens is 1. The fraction of sp³-hybridized carbons (Fsp3) is 0.172. The highest BCUT2D eigenvalue weighted by molar-refractivity contribution is 6.40. The van der Waals surface area contributed by atoms with E-state index in [-0.39, 0.29) is 17.4 Å². The highest BCUT2D eigenvalue weighted by Crippen LogP contribution is 2.37. The van der Waals surface area contributed by atoms with Crippen LogP contribution in [0.25, 0.3) is 28.1 Å². The van der Waals surface area contributed by atoms with E-state index in [4.69, 9.17) is 4.74 Å². The van der Waals surface area contributed by atoms with Crippen LogP contribution >= 0.6 is 0 Å². The average Bonchev–Trinajstić information content (AvgIpc) is 3.21. The summed E-state index contributed by atoms with van der Waals surface area (Å²) in [5.74, 6) is -1.31. The van der Waals surface area contributed by atoms with Gasteiger partial charge in [0.1, 0.15) is 18.2 Å². The lowest BCUT2D eigenvalue weighted by Crippen LogP contribution is -2.15. The van der Waals surface area contributed by atoms with Gasteiger partial charge in [0, 0.05) is 33.8 Å². The summed E-state index contributed by atoms with van der Waals surface area (Å²) in [7, 11) is 1.17. The van der Waals surface area contributed by atoms with E-state index in [1.807, 2.05) is 24.3 Å². The Morgan fingerprint density at radius 1 is 0.971 bits per heavy atom. The van der Waals surface area contributed by atoms with E-state index < -0.39 is 11.8 Å². The van der Waals surface area contributed by atoms with E-state index in [0.29, 0.717) is 12.4 Å². The topological polar surface area (TPSA) is 57.5 Å².